The van der Waals surface area contributed by atoms with Crippen molar-refractivity contribution in [3.8, 4) is 0 Å². The van der Waals surface area contributed by atoms with Gasteiger partial charge in [-0.05, 0) is 45.1 Å². The molecule has 0 aromatic rings. The van der Waals surface area contributed by atoms with Crippen LogP contribution < -0.4 is 0 Å². The number of esters is 1. The largest absolute Gasteiger partial charge is 0.450 e. The summed E-state index contributed by atoms with van der Waals surface area (Å²) < 4.78 is 96.2. The Hall–Kier alpha value is -1.55. The van der Waals surface area contributed by atoms with Gasteiger partial charge in [0, 0.05) is 6.42 Å². The molecule has 0 aliphatic heterocycles. The van der Waals surface area contributed by atoms with Crippen molar-refractivity contribution >= 4 is 5.97 Å². The average molecular weight is 505 g/mol. The zero-order chi connectivity index (χ0) is 26.6. The van der Waals surface area contributed by atoms with Crippen LogP contribution in [0.2, 0.25) is 0 Å². The Morgan fingerprint density at radius 2 is 1.56 bits per heavy atom. The molecule has 0 heterocycles. The van der Waals surface area contributed by atoms with Gasteiger partial charge in [0.2, 0.25) is 0 Å². The molecule has 0 aliphatic rings. The number of alkyl halides is 6. The number of rotatable bonds is 15. The molecule has 0 rings (SSSR count). The molecule has 10 heteroatoms. The molecule has 34 heavy (non-hydrogen) atoms. The lowest BCUT2D eigenvalue weighted by Gasteiger charge is -2.36. The zero-order valence-corrected chi connectivity index (χ0v) is 20.8. The number of hydrogen-bond acceptors (Lipinski definition) is 4. The summed E-state index contributed by atoms with van der Waals surface area (Å²) in [6, 6.07) is 0. The van der Waals surface area contributed by atoms with Crippen molar-refractivity contribution in [3.63, 3.8) is 0 Å². The van der Waals surface area contributed by atoms with E-state index in [-0.39, 0.29) is 25.9 Å². The molecule has 0 amide bonds. The molecule has 200 valence electrons. The number of allylic oxidation sites excluding steroid dienone is 2. The van der Waals surface area contributed by atoms with Crippen molar-refractivity contribution in [2.24, 2.45) is 0 Å². The molecule has 0 saturated heterocycles. The summed E-state index contributed by atoms with van der Waals surface area (Å²) in [5.74, 6) is -2.12. The second-order valence-corrected chi connectivity index (χ2v) is 8.18. The minimum Gasteiger partial charge on any atom is -0.450 e. The van der Waals surface area contributed by atoms with Gasteiger partial charge in [-0.25, -0.2) is 4.79 Å². The van der Waals surface area contributed by atoms with Gasteiger partial charge in [-0.2, -0.15) is 26.3 Å². The average Bonchev–Trinajstić information content (AvgIpc) is 2.76. The van der Waals surface area contributed by atoms with E-state index in [1.807, 2.05) is 19.1 Å². The van der Waals surface area contributed by atoms with E-state index in [0.29, 0.717) is 0 Å². The number of halogens is 6. The topological polar surface area (TPSA) is 44.8 Å². The molecule has 0 fully saturated rings. The Bertz CT molecular complexity index is 651. The van der Waals surface area contributed by atoms with Crippen LogP contribution in [0.5, 0.6) is 0 Å². The van der Waals surface area contributed by atoms with Crippen molar-refractivity contribution < 1.29 is 45.3 Å². The molecule has 0 saturated carbocycles. The Balaban J connectivity index is 5.74. The second-order valence-electron chi connectivity index (χ2n) is 8.18. The molecule has 0 aromatic carbocycles. The second kappa shape index (κ2) is 14.8. The summed E-state index contributed by atoms with van der Waals surface area (Å²) >= 11 is 0. The first-order chi connectivity index (χ1) is 15.7. The Morgan fingerprint density at radius 1 is 0.971 bits per heavy atom. The van der Waals surface area contributed by atoms with Crippen LogP contribution in [0.25, 0.3) is 0 Å². The molecule has 0 aliphatic carbocycles. The van der Waals surface area contributed by atoms with E-state index in [1.54, 1.807) is 26.8 Å². The Kier molecular flexibility index (Phi) is 14.1. The van der Waals surface area contributed by atoms with Crippen LogP contribution in [-0.2, 0) is 19.0 Å². The van der Waals surface area contributed by atoms with Gasteiger partial charge in [-0.1, -0.05) is 52.3 Å². The van der Waals surface area contributed by atoms with Crippen LogP contribution in [0, 0.1) is 0 Å². The standard InChI is InChI=1S/C24H38F6O4/c1-7-12-13-14-18(9-3)16-32-22(10-4,11-5)15-19(23(25,26)27)34-21(31)20(24(28,29)30)33-17(6)8-2/h9,13-14,17,19-20H,7-8,10-12,15-16H2,1-6H3/b14-13-,18-9+/t17?,19?,20-/m1/s1. The maximum atomic E-state index is 13.8. The van der Waals surface area contributed by atoms with Gasteiger partial charge in [0.05, 0.1) is 18.3 Å². The minimum atomic E-state index is -5.22. The van der Waals surface area contributed by atoms with Crippen LogP contribution in [0.1, 0.15) is 80.1 Å². The number of ether oxygens (including phenoxy) is 3. The maximum Gasteiger partial charge on any atom is 0.425 e. The zero-order valence-electron chi connectivity index (χ0n) is 20.8. The molecule has 2 unspecified atom stereocenters. The van der Waals surface area contributed by atoms with Crippen molar-refractivity contribution in [3.05, 3.63) is 23.8 Å². The van der Waals surface area contributed by atoms with E-state index in [2.05, 4.69) is 9.47 Å². The van der Waals surface area contributed by atoms with Crippen LogP contribution in [0.15, 0.2) is 23.8 Å². The molecule has 0 N–H and O–H groups in total. The first-order valence-electron chi connectivity index (χ1n) is 11.6. The van der Waals surface area contributed by atoms with E-state index in [4.69, 9.17) is 4.74 Å². The molecular formula is C24H38F6O4. The SMILES string of the molecule is C/C=C(\C=C/CCC)COC(CC)(CC)CC(OC(=O)[C@@H](OC(C)CC)C(F)(F)F)C(F)(F)F. The van der Waals surface area contributed by atoms with Crippen molar-refractivity contribution in [1.29, 1.82) is 0 Å². The van der Waals surface area contributed by atoms with Gasteiger partial charge >= 0.3 is 18.3 Å². The lowest BCUT2D eigenvalue weighted by molar-refractivity contribution is -0.264. The predicted molar refractivity (Wildman–Crippen MR) is 118 cm³/mol. The highest BCUT2D eigenvalue weighted by Crippen LogP contribution is 2.36. The van der Waals surface area contributed by atoms with Gasteiger partial charge in [0.1, 0.15) is 0 Å². The number of carbonyl (C=O) groups excluding carboxylic acids is 1. The van der Waals surface area contributed by atoms with Gasteiger partial charge in [-0.15, -0.1) is 0 Å². The third-order valence-electron chi connectivity index (χ3n) is 5.63. The molecule has 0 spiro atoms. The summed E-state index contributed by atoms with van der Waals surface area (Å²) in [6.45, 7) is 9.83. The van der Waals surface area contributed by atoms with Crippen LogP contribution >= 0.6 is 0 Å². The van der Waals surface area contributed by atoms with Crippen molar-refractivity contribution in [1.82, 2.24) is 0 Å². The van der Waals surface area contributed by atoms with Gasteiger partial charge < -0.3 is 14.2 Å². The molecular weight excluding hydrogens is 466 g/mol. The third kappa shape index (κ3) is 11.3. The van der Waals surface area contributed by atoms with Crippen LogP contribution in [0.3, 0.4) is 0 Å². The lowest BCUT2D eigenvalue weighted by Crippen LogP contribution is -2.48. The van der Waals surface area contributed by atoms with E-state index < -0.39 is 48.7 Å². The monoisotopic (exact) mass is 504 g/mol. The molecule has 4 nitrogen and oxygen atoms in total. The number of hydrogen-bond donors (Lipinski definition) is 0. The van der Waals surface area contributed by atoms with E-state index in [9.17, 15) is 31.1 Å². The summed E-state index contributed by atoms with van der Waals surface area (Å²) in [4.78, 5) is 12.2. The van der Waals surface area contributed by atoms with E-state index in [0.717, 1.165) is 18.4 Å². The smallest absolute Gasteiger partial charge is 0.425 e. The van der Waals surface area contributed by atoms with Crippen molar-refractivity contribution in [2.45, 2.75) is 116 Å². The van der Waals surface area contributed by atoms with Crippen LogP contribution in [0.4, 0.5) is 26.3 Å². The first kappa shape index (κ1) is 32.5. The van der Waals surface area contributed by atoms with Gasteiger partial charge in [-0.3, -0.25) is 0 Å². The fourth-order valence-corrected chi connectivity index (χ4v) is 3.03. The maximum absolute atomic E-state index is 13.8. The summed E-state index contributed by atoms with van der Waals surface area (Å²) in [5.41, 5.74) is -0.613. The van der Waals surface area contributed by atoms with E-state index in [1.165, 1.54) is 13.8 Å². The van der Waals surface area contributed by atoms with E-state index >= 15 is 0 Å². The predicted octanol–water partition coefficient (Wildman–Crippen LogP) is 7.47. The molecule has 0 aromatic heterocycles. The van der Waals surface area contributed by atoms with Crippen molar-refractivity contribution in [2.75, 3.05) is 6.61 Å². The highest BCUT2D eigenvalue weighted by atomic mass is 19.4. The first-order valence-corrected chi connectivity index (χ1v) is 11.6. The Labute approximate surface area is 198 Å². The lowest BCUT2D eigenvalue weighted by atomic mass is 9.89. The molecule has 0 radical (unpaired) electrons. The minimum absolute atomic E-state index is 0.0131. The fourth-order valence-electron chi connectivity index (χ4n) is 3.03. The molecule has 0 bridgehead atoms. The highest BCUT2D eigenvalue weighted by Gasteiger charge is 2.53. The summed E-state index contributed by atoms with van der Waals surface area (Å²) in [7, 11) is 0. The number of carbonyl (C=O) groups is 1. The number of unbranched alkanes of at least 4 members (excludes halogenated alkanes) is 1. The summed E-state index contributed by atoms with van der Waals surface area (Å²) in [5, 5.41) is 0. The highest BCUT2D eigenvalue weighted by molar-refractivity contribution is 5.76. The third-order valence-corrected chi connectivity index (χ3v) is 5.63. The summed E-state index contributed by atoms with van der Waals surface area (Å²) in [6.07, 6.45) is -10.4. The molecule has 3 atom stereocenters. The van der Waals surface area contributed by atoms with Gasteiger partial charge in [0.15, 0.2) is 6.10 Å². The van der Waals surface area contributed by atoms with Gasteiger partial charge in [0.25, 0.3) is 6.10 Å². The quantitative estimate of drug-likeness (QED) is 0.132. The Morgan fingerprint density at radius 3 is 1.97 bits per heavy atom. The van der Waals surface area contributed by atoms with Crippen LogP contribution in [-0.4, -0.2) is 48.8 Å². The normalized spacial score (nSPS) is 16.5. The fraction of sp³-hybridized carbons (Fsp3) is 0.792.